The quantitative estimate of drug-likeness (QED) is 0.427. The lowest BCUT2D eigenvalue weighted by molar-refractivity contribution is 0.101. The first-order valence-corrected chi connectivity index (χ1v) is 11.6. The molecule has 5 rings (SSSR count). The SMILES string of the molecule is Cn1c(C(=O)Nc2cccc(COc3ccc(OC4CCNC4)cc3)c2)cc2sccc21. The van der Waals surface area contributed by atoms with E-state index < -0.39 is 0 Å². The van der Waals surface area contributed by atoms with E-state index in [0.717, 1.165) is 52.5 Å². The van der Waals surface area contributed by atoms with E-state index in [0.29, 0.717) is 12.3 Å². The van der Waals surface area contributed by atoms with Crippen molar-refractivity contribution in [3.8, 4) is 11.5 Å². The number of carbonyl (C=O) groups is 1. The highest BCUT2D eigenvalue weighted by atomic mass is 32.1. The molecule has 1 aliphatic rings. The number of fused-ring (bicyclic) bond motifs is 1. The van der Waals surface area contributed by atoms with E-state index in [-0.39, 0.29) is 12.0 Å². The van der Waals surface area contributed by atoms with Gasteiger partial charge in [-0.3, -0.25) is 4.79 Å². The Balaban J connectivity index is 1.19. The van der Waals surface area contributed by atoms with Gasteiger partial charge in [0.05, 0.1) is 10.2 Å². The Hall–Kier alpha value is -3.29. The number of aromatic nitrogens is 1. The molecule has 3 heterocycles. The Labute approximate surface area is 190 Å². The number of aryl methyl sites for hydroxylation is 1. The smallest absolute Gasteiger partial charge is 0.272 e. The average molecular weight is 448 g/mol. The zero-order chi connectivity index (χ0) is 21.9. The summed E-state index contributed by atoms with van der Waals surface area (Å²) in [5.41, 5.74) is 3.44. The van der Waals surface area contributed by atoms with Crippen LogP contribution in [-0.2, 0) is 13.7 Å². The summed E-state index contributed by atoms with van der Waals surface area (Å²) >= 11 is 1.63. The van der Waals surface area contributed by atoms with E-state index in [1.54, 1.807) is 11.3 Å². The van der Waals surface area contributed by atoms with E-state index in [1.165, 1.54) is 0 Å². The van der Waals surface area contributed by atoms with Crippen molar-refractivity contribution in [2.24, 2.45) is 7.05 Å². The standard InChI is InChI=1S/C25H25N3O3S/c1-28-22-10-12-32-24(22)14-23(28)25(29)27-18-4-2-3-17(13-18)16-30-19-5-7-20(8-6-19)31-21-9-11-26-15-21/h2-8,10,12-14,21,26H,9,11,15-16H2,1H3,(H,27,29). The molecule has 6 nitrogen and oxygen atoms in total. The summed E-state index contributed by atoms with van der Waals surface area (Å²) in [4.78, 5) is 12.8. The lowest BCUT2D eigenvalue weighted by Crippen LogP contribution is -2.19. The molecule has 0 saturated carbocycles. The Morgan fingerprint density at radius 2 is 2.00 bits per heavy atom. The van der Waals surface area contributed by atoms with Gasteiger partial charge < -0.3 is 24.7 Å². The molecule has 1 aliphatic heterocycles. The molecule has 0 radical (unpaired) electrons. The molecule has 1 atom stereocenters. The molecule has 1 fully saturated rings. The maximum Gasteiger partial charge on any atom is 0.272 e. The Morgan fingerprint density at radius 3 is 2.78 bits per heavy atom. The van der Waals surface area contributed by atoms with Crippen molar-refractivity contribution in [2.75, 3.05) is 18.4 Å². The highest BCUT2D eigenvalue weighted by Gasteiger charge is 2.16. The van der Waals surface area contributed by atoms with Gasteiger partial charge in [-0.05, 0) is 72.4 Å². The fraction of sp³-hybridized carbons (Fsp3) is 0.240. The van der Waals surface area contributed by atoms with Crippen molar-refractivity contribution in [1.82, 2.24) is 9.88 Å². The molecule has 0 aliphatic carbocycles. The second kappa shape index (κ2) is 9.06. The highest BCUT2D eigenvalue weighted by Crippen LogP contribution is 2.25. The molecule has 7 heteroatoms. The van der Waals surface area contributed by atoms with Gasteiger partial charge in [0, 0.05) is 19.3 Å². The first-order valence-electron chi connectivity index (χ1n) is 10.7. The third kappa shape index (κ3) is 4.49. The number of hydrogen-bond acceptors (Lipinski definition) is 5. The van der Waals surface area contributed by atoms with Gasteiger partial charge in [0.2, 0.25) is 0 Å². The molecule has 2 aromatic heterocycles. The molecule has 1 unspecified atom stereocenters. The van der Waals surface area contributed by atoms with Crippen LogP contribution in [0, 0.1) is 0 Å². The fourth-order valence-corrected chi connectivity index (χ4v) is 4.75. The van der Waals surface area contributed by atoms with E-state index in [2.05, 4.69) is 10.6 Å². The van der Waals surface area contributed by atoms with Gasteiger partial charge in [-0.25, -0.2) is 0 Å². The number of anilines is 1. The second-order valence-corrected chi connectivity index (χ2v) is 8.85. The summed E-state index contributed by atoms with van der Waals surface area (Å²) in [5.74, 6) is 1.51. The number of hydrogen-bond donors (Lipinski definition) is 2. The lowest BCUT2D eigenvalue weighted by atomic mass is 10.2. The van der Waals surface area contributed by atoms with E-state index in [1.807, 2.05) is 77.7 Å². The summed E-state index contributed by atoms with van der Waals surface area (Å²) in [5, 5.41) is 8.33. The van der Waals surface area contributed by atoms with Crippen molar-refractivity contribution < 1.29 is 14.3 Å². The second-order valence-electron chi connectivity index (χ2n) is 7.91. The summed E-state index contributed by atoms with van der Waals surface area (Å²) in [7, 11) is 1.91. The topological polar surface area (TPSA) is 64.5 Å². The highest BCUT2D eigenvalue weighted by molar-refractivity contribution is 7.17. The Morgan fingerprint density at radius 1 is 1.16 bits per heavy atom. The van der Waals surface area contributed by atoms with Crippen molar-refractivity contribution in [3.63, 3.8) is 0 Å². The maximum absolute atomic E-state index is 12.8. The molecule has 32 heavy (non-hydrogen) atoms. The van der Waals surface area contributed by atoms with Crippen LogP contribution in [0.5, 0.6) is 11.5 Å². The van der Waals surface area contributed by atoms with Gasteiger partial charge >= 0.3 is 0 Å². The Kier molecular flexibility index (Phi) is 5.83. The molecule has 2 aromatic carbocycles. The van der Waals surface area contributed by atoms with Gasteiger partial charge in [-0.1, -0.05) is 12.1 Å². The predicted molar refractivity (Wildman–Crippen MR) is 128 cm³/mol. The molecule has 1 saturated heterocycles. The van der Waals surface area contributed by atoms with Crippen molar-refractivity contribution in [1.29, 1.82) is 0 Å². The van der Waals surface area contributed by atoms with E-state index in [9.17, 15) is 4.79 Å². The largest absolute Gasteiger partial charge is 0.489 e. The minimum Gasteiger partial charge on any atom is -0.489 e. The van der Waals surface area contributed by atoms with Crippen LogP contribution in [0.4, 0.5) is 5.69 Å². The Bertz CT molecular complexity index is 1220. The number of nitrogens with one attached hydrogen (secondary N) is 2. The normalized spacial score (nSPS) is 15.7. The monoisotopic (exact) mass is 447 g/mol. The van der Waals surface area contributed by atoms with Crippen LogP contribution in [0.2, 0.25) is 0 Å². The van der Waals surface area contributed by atoms with Crippen LogP contribution in [-0.4, -0.2) is 29.7 Å². The number of carbonyl (C=O) groups excluding carboxylic acids is 1. The first-order chi connectivity index (χ1) is 15.7. The van der Waals surface area contributed by atoms with Crippen LogP contribution < -0.4 is 20.1 Å². The van der Waals surface area contributed by atoms with Crippen molar-refractivity contribution in [2.45, 2.75) is 19.1 Å². The van der Waals surface area contributed by atoms with Crippen LogP contribution >= 0.6 is 11.3 Å². The fourth-order valence-electron chi connectivity index (χ4n) is 3.90. The summed E-state index contributed by atoms with van der Waals surface area (Å²) in [6, 6.07) is 19.4. The summed E-state index contributed by atoms with van der Waals surface area (Å²) < 4.78 is 14.9. The molecule has 4 aromatic rings. The van der Waals surface area contributed by atoms with Crippen LogP contribution in [0.25, 0.3) is 10.2 Å². The molecule has 1 amide bonds. The van der Waals surface area contributed by atoms with E-state index >= 15 is 0 Å². The van der Waals surface area contributed by atoms with Crippen molar-refractivity contribution in [3.05, 3.63) is 77.3 Å². The van der Waals surface area contributed by atoms with Crippen molar-refractivity contribution >= 4 is 33.1 Å². The molecule has 164 valence electrons. The number of ether oxygens (including phenoxy) is 2. The molecular formula is C25H25N3O3S. The number of thiophene rings is 1. The minimum absolute atomic E-state index is 0.123. The zero-order valence-electron chi connectivity index (χ0n) is 17.8. The maximum atomic E-state index is 12.8. The molecule has 2 N–H and O–H groups in total. The first kappa shape index (κ1) is 20.6. The molecular weight excluding hydrogens is 422 g/mol. The van der Waals surface area contributed by atoms with E-state index in [4.69, 9.17) is 9.47 Å². The zero-order valence-corrected chi connectivity index (χ0v) is 18.7. The minimum atomic E-state index is -0.123. The van der Waals surface area contributed by atoms with Gasteiger partial charge in [-0.2, -0.15) is 0 Å². The summed E-state index contributed by atoms with van der Waals surface area (Å²) in [6.07, 6.45) is 1.28. The average Bonchev–Trinajstić information content (AvgIpc) is 3.54. The van der Waals surface area contributed by atoms with Gasteiger partial charge in [-0.15, -0.1) is 11.3 Å². The van der Waals surface area contributed by atoms with Gasteiger partial charge in [0.15, 0.2) is 0 Å². The predicted octanol–water partition coefficient (Wildman–Crippen LogP) is 4.81. The lowest BCUT2D eigenvalue weighted by Gasteiger charge is -2.13. The summed E-state index contributed by atoms with van der Waals surface area (Å²) in [6.45, 7) is 2.32. The molecule has 0 spiro atoms. The van der Waals surface area contributed by atoms with Gasteiger partial charge in [0.25, 0.3) is 5.91 Å². The van der Waals surface area contributed by atoms with Crippen LogP contribution in [0.15, 0.2) is 66.0 Å². The number of rotatable bonds is 7. The van der Waals surface area contributed by atoms with Crippen LogP contribution in [0.3, 0.4) is 0 Å². The molecule has 0 bridgehead atoms. The van der Waals surface area contributed by atoms with Crippen LogP contribution in [0.1, 0.15) is 22.5 Å². The number of benzene rings is 2. The third-order valence-electron chi connectivity index (χ3n) is 5.63. The van der Waals surface area contributed by atoms with Gasteiger partial charge in [0.1, 0.15) is 29.9 Å². The third-order valence-corrected chi connectivity index (χ3v) is 6.48. The number of amides is 1. The number of nitrogens with zero attached hydrogens (tertiary/aromatic N) is 1.